The summed E-state index contributed by atoms with van der Waals surface area (Å²) in [6.07, 6.45) is 0. The van der Waals surface area contributed by atoms with E-state index < -0.39 is 17.8 Å². The van der Waals surface area contributed by atoms with E-state index in [0.717, 1.165) is 0 Å². The third-order valence-electron chi connectivity index (χ3n) is 3.78. The molecule has 1 amide bonds. The Bertz CT molecular complexity index is 951. The van der Waals surface area contributed by atoms with Crippen LogP contribution in [0.1, 0.15) is 51.0 Å². The Morgan fingerprint density at radius 2 is 1.73 bits per heavy atom. The number of hydrogen-bond acceptors (Lipinski definition) is 5. The number of halogens is 1. The number of nitrogens with one attached hydrogen (secondary N) is 1. The smallest absolute Gasteiger partial charge is 0.252 e. The second-order valence-corrected chi connectivity index (χ2v) is 5.76. The first-order chi connectivity index (χ1) is 12.5. The van der Waals surface area contributed by atoms with E-state index in [-0.39, 0.29) is 22.8 Å². The van der Waals surface area contributed by atoms with Gasteiger partial charge in [-0.3, -0.25) is 9.59 Å². The van der Waals surface area contributed by atoms with Gasteiger partial charge in [-0.25, -0.2) is 4.39 Å². The average Bonchev–Trinajstić information content (AvgIpc) is 3.08. The largest absolute Gasteiger partial charge is 0.340 e. The van der Waals surface area contributed by atoms with E-state index in [9.17, 15) is 14.0 Å². The molecule has 1 heterocycles. The lowest BCUT2D eigenvalue weighted by Gasteiger charge is -2.12. The summed E-state index contributed by atoms with van der Waals surface area (Å²) in [4.78, 5) is 29.4. The predicted octanol–water partition coefficient (Wildman–Crippen LogP) is 3.24. The Balaban J connectivity index is 1.85. The SMILES string of the molecule is Cc1noc(C(C)NC(=O)c2ccccc2C(=O)c2ccc(F)cc2)n1. The van der Waals surface area contributed by atoms with E-state index in [4.69, 9.17) is 4.52 Å². The van der Waals surface area contributed by atoms with Crippen LogP contribution in [0.15, 0.2) is 53.1 Å². The van der Waals surface area contributed by atoms with Gasteiger partial charge >= 0.3 is 0 Å². The maximum atomic E-state index is 13.1. The van der Waals surface area contributed by atoms with Gasteiger partial charge in [0.2, 0.25) is 5.89 Å². The summed E-state index contributed by atoms with van der Waals surface area (Å²) in [6.45, 7) is 3.38. The van der Waals surface area contributed by atoms with Crippen molar-refractivity contribution in [3.8, 4) is 0 Å². The van der Waals surface area contributed by atoms with Gasteiger partial charge in [-0.05, 0) is 44.2 Å². The minimum atomic E-state index is -0.516. The maximum absolute atomic E-state index is 13.1. The second kappa shape index (κ2) is 7.26. The van der Waals surface area contributed by atoms with Crippen LogP contribution >= 0.6 is 0 Å². The quantitative estimate of drug-likeness (QED) is 0.712. The molecule has 3 rings (SSSR count). The molecular formula is C19H16FN3O3. The van der Waals surface area contributed by atoms with Crippen LogP contribution in [-0.4, -0.2) is 21.8 Å². The van der Waals surface area contributed by atoms with Gasteiger partial charge in [0.15, 0.2) is 11.6 Å². The monoisotopic (exact) mass is 353 g/mol. The zero-order chi connectivity index (χ0) is 18.7. The van der Waals surface area contributed by atoms with Crippen molar-refractivity contribution >= 4 is 11.7 Å². The van der Waals surface area contributed by atoms with Crippen molar-refractivity contribution in [3.63, 3.8) is 0 Å². The van der Waals surface area contributed by atoms with E-state index in [1.807, 2.05) is 0 Å². The van der Waals surface area contributed by atoms with Gasteiger partial charge in [-0.2, -0.15) is 4.98 Å². The highest BCUT2D eigenvalue weighted by Crippen LogP contribution is 2.17. The van der Waals surface area contributed by atoms with E-state index in [2.05, 4.69) is 15.5 Å². The number of benzene rings is 2. The fourth-order valence-corrected chi connectivity index (χ4v) is 2.46. The number of hydrogen-bond donors (Lipinski definition) is 1. The Labute approximate surface area is 149 Å². The van der Waals surface area contributed by atoms with E-state index in [0.29, 0.717) is 11.4 Å². The third-order valence-corrected chi connectivity index (χ3v) is 3.78. The van der Waals surface area contributed by atoms with Crippen molar-refractivity contribution in [1.82, 2.24) is 15.5 Å². The molecule has 1 aromatic heterocycles. The van der Waals surface area contributed by atoms with Crippen molar-refractivity contribution in [2.24, 2.45) is 0 Å². The summed E-state index contributed by atoms with van der Waals surface area (Å²) in [6, 6.07) is 11.1. The first-order valence-corrected chi connectivity index (χ1v) is 7.96. The van der Waals surface area contributed by atoms with Crippen LogP contribution in [0.25, 0.3) is 0 Å². The Morgan fingerprint density at radius 1 is 1.08 bits per heavy atom. The van der Waals surface area contributed by atoms with Crippen molar-refractivity contribution in [2.75, 3.05) is 0 Å². The molecule has 1 atom stereocenters. The van der Waals surface area contributed by atoms with Gasteiger partial charge in [0, 0.05) is 11.1 Å². The number of amides is 1. The van der Waals surface area contributed by atoms with E-state index >= 15 is 0 Å². The molecule has 0 spiro atoms. The number of ketones is 1. The van der Waals surface area contributed by atoms with Crippen LogP contribution in [-0.2, 0) is 0 Å². The fourth-order valence-electron chi connectivity index (χ4n) is 2.46. The Morgan fingerprint density at radius 3 is 2.35 bits per heavy atom. The van der Waals surface area contributed by atoms with Gasteiger partial charge in [0.25, 0.3) is 5.91 Å². The molecule has 0 bridgehead atoms. The molecule has 2 aromatic carbocycles. The Hall–Kier alpha value is -3.35. The lowest BCUT2D eigenvalue weighted by molar-refractivity contribution is 0.0923. The average molecular weight is 353 g/mol. The van der Waals surface area contributed by atoms with Crippen LogP contribution in [0.4, 0.5) is 4.39 Å². The van der Waals surface area contributed by atoms with Gasteiger partial charge in [0.1, 0.15) is 11.9 Å². The predicted molar refractivity (Wildman–Crippen MR) is 91.2 cm³/mol. The van der Waals surface area contributed by atoms with Crippen molar-refractivity contribution in [1.29, 1.82) is 0 Å². The van der Waals surface area contributed by atoms with E-state index in [1.165, 1.54) is 24.3 Å². The molecular weight excluding hydrogens is 337 g/mol. The second-order valence-electron chi connectivity index (χ2n) is 5.76. The minimum absolute atomic E-state index is 0.213. The van der Waals surface area contributed by atoms with Gasteiger partial charge in [0.05, 0.1) is 5.56 Å². The van der Waals surface area contributed by atoms with Crippen molar-refractivity contribution in [2.45, 2.75) is 19.9 Å². The highest BCUT2D eigenvalue weighted by Gasteiger charge is 2.21. The van der Waals surface area contributed by atoms with Crippen LogP contribution < -0.4 is 5.32 Å². The van der Waals surface area contributed by atoms with Crippen molar-refractivity contribution < 1.29 is 18.5 Å². The summed E-state index contributed by atoms with van der Waals surface area (Å²) < 4.78 is 18.1. The van der Waals surface area contributed by atoms with Gasteiger partial charge in [-0.15, -0.1) is 0 Å². The van der Waals surface area contributed by atoms with Crippen LogP contribution in [0.3, 0.4) is 0 Å². The van der Waals surface area contributed by atoms with Gasteiger partial charge < -0.3 is 9.84 Å². The fraction of sp³-hybridized carbons (Fsp3) is 0.158. The van der Waals surface area contributed by atoms with Crippen molar-refractivity contribution in [3.05, 3.63) is 82.8 Å². The first-order valence-electron chi connectivity index (χ1n) is 7.96. The van der Waals surface area contributed by atoms with Crippen LogP contribution in [0.5, 0.6) is 0 Å². The van der Waals surface area contributed by atoms with E-state index in [1.54, 1.807) is 38.1 Å². The molecule has 0 saturated heterocycles. The highest BCUT2D eigenvalue weighted by atomic mass is 19.1. The lowest BCUT2D eigenvalue weighted by atomic mass is 9.97. The molecule has 0 aliphatic rings. The van der Waals surface area contributed by atoms with Crippen LogP contribution in [0.2, 0.25) is 0 Å². The molecule has 132 valence electrons. The molecule has 3 aromatic rings. The molecule has 1 unspecified atom stereocenters. The number of nitrogens with zero attached hydrogens (tertiary/aromatic N) is 2. The summed E-state index contributed by atoms with van der Waals surface area (Å²) >= 11 is 0. The highest BCUT2D eigenvalue weighted by molar-refractivity contribution is 6.15. The topological polar surface area (TPSA) is 85.1 Å². The lowest BCUT2D eigenvalue weighted by Crippen LogP contribution is -2.28. The minimum Gasteiger partial charge on any atom is -0.340 e. The summed E-state index contributed by atoms with van der Waals surface area (Å²) in [5, 5.41) is 6.42. The molecule has 0 fully saturated rings. The molecule has 1 N–H and O–H groups in total. The number of aryl methyl sites for hydroxylation is 1. The zero-order valence-electron chi connectivity index (χ0n) is 14.2. The standard InChI is InChI=1S/C19H16FN3O3/c1-11(19-22-12(2)23-26-19)21-18(25)16-6-4-3-5-15(16)17(24)13-7-9-14(20)10-8-13/h3-11H,1-2H3,(H,21,25). The number of aromatic nitrogens is 2. The molecule has 0 saturated carbocycles. The zero-order valence-corrected chi connectivity index (χ0v) is 14.2. The first kappa shape index (κ1) is 17.5. The van der Waals surface area contributed by atoms with Crippen LogP contribution in [0, 0.1) is 12.7 Å². The number of carbonyl (C=O) groups excluding carboxylic acids is 2. The van der Waals surface area contributed by atoms with Gasteiger partial charge in [-0.1, -0.05) is 23.4 Å². The maximum Gasteiger partial charge on any atom is 0.252 e. The molecule has 6 nitrogen and oxygen atoms in total. The third kappa shape index (κ3) is 3.66. The summed E-state index contributed by atoms with van der Waals surface area (Å²) in [7, 11) is 0. The Kier molecular flexibility index (Phi) is 4.88. The summed E-state index contributed by atoms with van der Waals surface area (Å²) in [5.74, 6) is -0.501. The normalized spacial score (nSPS) is 11.8. The number of carbonyl (C=O) groups is 2. The molecule has 0 aliphatic carbocycles. The summed E-state index contributed by atoms with van der Waals surface area (Å²) in [5.41, 5.74) is 0.739. The molecule has 26 heavy (non-hydrogen) atoms. The molecule has 0 radical (unpaired) electrons. The number of rotatable bonds is 5. The molecule has 7 heteroatoms. The molecule has 0 aliphatic heterocycles.